The lowest BCUT2D eigenvalue weighted by molar-refractivity contribution is 0.0984. The fraction of sp³-hybridized carbons (Fsp3) is 0.154. The number of anilines is 2. The second-order valence-corrected chi connectivity index (χ2v) is 3.70. The van der Waals surface area contributed by atoms with E-state index in [9.17, 15) is 4.79 Å². The molecule has 5 heteroatoms. The number of aromatic nitrogens is 2. The molecule has 0 fully saturated rings. The fourth-order valence-corrected chi connectivity index (χ4v) is 1.69. The van der Waals surface area contributed by atoms with Gasteiger partial charge in [0.25, 0.3) is 5.91 Å². The van der Waals surface area contributed by atoms with E-state index in [1.165, 1.54) is 0 Å². The maximum atomic E-state index is 12.4. The van der Waals surface area contributed by atoms with E-state index in [0.717, 1.165) is 5.69 Å². The molecule has 0 atom stereocenters. The van der Waals surface area contributed by atoms with Crippen LogP contribution in [0.25, 0.3) is 0 Å². The minimum absolute atomic E-state index is 0.207. The van der Waals surface area contributed by atoms with Crippen LogP contribution in [0, 0.1) is 0 Å². The largest absolute Gasteiger partial charge is 0.397 e. The summed E-state index contributed by atoms with van der Waals surface area (Å²) >= 11 is 0. The first-order valence-corrected chi connectivity index (χ1v) is 5.66. The Morgan fingerprint density at radius 1 is 1.28 bits per heavy atom. The molecule has 0 saturated carbocycles. The van der Waals surface area contributed by atoms with E-state index >= 15 is 0 Å². The van der Waals surface area contributed by atoms with Crippen LogP contribution in [-0.2, 0) is 0 Å². The SMILES string of the molecule is CCN(C(=O)c1ncccc1N)c1ccncc1. The average molecular weight is 242 g/mol. The van der Waals surface area contributed by atoms with E-state index in [1.807, 2.05) is 6.92 Å². The molecular formula is C13H14N4O. The summed E-state index contributed by atoms with van der Waals surface area (Å²) in [6.07, 6.45) is 4.85. The predicted octanol–water partition coefficient (Wildman–Crippen LogP) is 1.73. The lowest BCUT2D eigenvalue weighted by Crippen LogP contribution is -2.31. The number of carbonyl (C=O) groups excluding carboxylic acids is 1. The first kappa shape index (κ1) is 12.0. The molecule has 18 heavy (non-hydrogen) atoms. The molecule has 0 unspecified atom stereocenters. The highest BCUT2D eigenvalue weighted by atomic mass is 16.2. The Balaban J connectivity index is 2.35. The lowest BCUT2D eigenvalue weighted by atomic mass is 10.2. The Morgan fingerprint density at radius 3 is 2.61 bits per heavy atom. The highest BCUT2D eigenvalue weighted by molar-refractivity contribution is 6.07. The molecule has 0 aliphatic carbocycles. The highest BCUT2D eigenvalue weighted by Gasteiger charge is 2.19. The van der Waals surface area contributed by atoms with Gasteiger partial charge in [-0.1, -0.05) is 0 Å². The molecular weight excluding hydrogens is 228 g/mol. The first-order valence-electron chi connectivity index (χ1n) is 5.66. The summed E-state index contributed by atoms with van der Waals surface area (Å²) in [4.78, 5) is 21.9. The number of nitrogen functional groups attached to an aromatic ring is 1. The van der Waals surface area contributed by atoms with E-state index in [2.05, 4.69) is 9.97 Å². The number of nitrogens with zero attached hydrogens (tertiary/aromatic N) is 3. The third kappa shape index (κ3) is 2.29. The summed E-state index contributed by atoms with van der Waals surface area (Å²) in [5.41, 5.74) is 7.21. The van der Waals surface area contributed by atoms with Gasteiger partial charge in [0, 0.05) is 30.8 Å². The van der Waals surface area contributed by atoms with E-state index in [4.69, 9.17) is 5.73 Å². The zero-order chi connectivity index (χ0) is 13.0. The van der Waals surface area contributed by atoms with Crippen LogP contribution in [-0.4, -0.2) is 22.4 Å². The average Bonchev–Trinajstić information content (AvgIpc) is 2.41. The Hall–Kier alpha value is -2.43. The molecule has 0 aliphatic rings. The zero-order valence-electron chi connectivity index (χ0n) is 10.1. The summed E-state index contributed by atoms with van der Waals surface area (Å²) in [5, 5.41) is 0. The summed E-state index contributed by atoms with van der Waals surface area (Å²) in [6.45, 7) is 2.44. The van der Waals surface area contributed by atoms with Crippen molar-refractivity contribution in [2.45, 2.75) is 6.92 Å². The molecule has 2 aromatic rings. The van der Waals surface area contributed by atoms with Gasteiger partial charge in [0.2, 0.25) is 0 Å². The van der Waals surface area contributed by atoms with Crippen LogP contribution in [0.2, 0.25) is 0 Å². The van der Waals surface area contributed by atoms with Crippen molar-refractivity contribution in [2.75, 3.05) is 17.2 Å². The van der Waals surface area contributed by atoms with Crippen LogP contribution >= 0.6 is 0 Å². The molecule has 2 rings (SSSR count). The van der Waals surface area contributed by atoms with Gasteiger partial charge >= 0.3 is 0 Å². The maximum absolute atomic E-state index is 12.4. The van der Waals surface area contributed by atoms with Gasteiger partial charge in [0.15, 0.2) is 5.69 Å². The summed E-state index contributed by atoms with van der Waals surface area (Å²) in [6, 6.07) is 6.93. The number of nitrogens with two attached hydrogens (primary N) is 1. The zero-order valence-corrected chi connectivity index (χ0v) is 10.1. The van der Waals surface area contributed by atoms with E-state index in [0.29, 0.717) is 12.2 Å². The van der Waals surface area contributed by atoms with E-state index in [1.54, 1.807) is 47.8 Å². The molecule has 5 nitrogen and oxygen atoms in total. The van der Waals surface area contributed by atoms with Crippen molar-refractivity contribution in [3.63, 3.8) is 0 Å². The van der Waals surface area contributed by atoms with Crippen molar-refractivity contribution in [3.8, 4) is 0 Å². The standard InChI is InChI=1S/C13H14N4O/c1-2-17(10-5-8-15-9-6-10)13(18)12-11(14)4-3-7-16-12/h3-9H,2,14H2,1H3. The monoisotopic (exact) mass is 242 g/mol. The number of hydrogen-bond donors (Lipinski definition) is 1. The summed E-state index contributed by atoms with van der Waals surface area (Å²) in [7, 11) is 0. The first-order chi connectivity index (χ1) is 8.74. The van der Waals surface area contributed by atoms with Gasteiger partial charge in [0.1, 0.15) is 0 Å². The number of hydrogen-bond acceptors (Lipinski definition) is 4. The van der Waals surface area contributed by atoms with Gasteiger partial charge in [0.05, 0.1) is 5.69 Å². The highest BCUT2D eigenvalue weighted by Crippen LogP contribution is 2.17. The van der Waals surface area contributed by atoms with Crippen molar-refractivity contribution in [2.24, 2.45) is 0 Å². The topological polar surface area (TPSA) is 72.1 Å². The minimum atomic E-state index is -0.207. The smallest absolute Gasteiger partial charge is 0.278 e. The molecule has 2 heterocycles. The quantitative estimate of drug-likeness (QED) is 0.889. The van der Waals surface area contributed by atoms with E-state index in [-0.39, 0.29) is 11.6 Å². The third-order valence-electron chi connectivity index (χ3n) is 2.58. The fourth-order valence-electron chi connectivity index (χ4n) is 1.69. The van der Waals surface area contributed by atoms with Crippen LogP contribution in [0.4, 0.5) is 11.4 Å². The van der Waals surface area contributed by atoms with Gasteiger partial charge in [-0.2, -0.15) is 0 Å². The Labute approximate surface area is 105 Å². The summed E-state index contributed by atoms with van der Waals surface area (Å²) in [5.74, 6) is -0.207. The molecule has 0 spiro atoms. The van der Waals surface area contributed by atoms with E-state index < -0.39 is 0 Å². The number of carbonyl (C=O) groups is 1. The van der Waals surface area contributed by atoms with Crippen molar-refractivity contribution in [1.82, 2.24) is 9.97 Å². The molecule has 0 radical (unpaired) electrons. The molecule has 0 aliphatic heterocycles. The predicted molar refractivity (Wildman–Crippen MR) is 70.2 cm³/mol. The second kappa shape index (κ2) is 5.27. The van der Waals surface area contributed by atoms with Gasteiger partial charge < -0.3 is 10.6 Å². The Kier molecular flexibility index (Phi) is 3.52. The molecule has 0 bridgehead atoms. The van der Waals surface area contributed by atoms with Crippen molar-refractivity contribution in [1.29, 1.82) is 0 Å². The molecule has 2 aromatic heterocycles. The lowest BCUT2D eigenvalue weighted by Gasteiger charge is -2.20. The summed E-state index contributed by atoms with van der Waals surface area (Å²) < 4.78 is 0. The molecule has 1 amide bonds. The third-order valence-corrected chi connectivity index (χ3v) is 2.58. The van der Waals surface area contributed by atoms with Crippen LogP contribution < -0.4 is 10.6 Å². The molecule has 92 valence electrons. The van der Waals surface area contributed by atoms with Crippen molar-refractivity contribution in [3.05, 3.63) is 48.5 Å². The van der Waals surface area contributed by atoms with Gasteiger partial charge in [-0.3, -0.25) is 9.78 Å². The molecule has 0 saturated heterocycles. The minimum Gasteiger partial charge on any atom is -0.397 e. The van der Waals surface area contributed by atoms with Crippen LogP contribution in [0.1, 0.15) is 17.4 Å². The maximum Gasteiger partial charge on any atom is 0.278 e. The second-order valence-electron chi connectivity index (χ2n) is 3.70. The Bertz CT molecular complexity index is 542. The van der Waals surface area contributed by atoms with Crippen molar-refractivity contribution >= 4 is 17.3 Å². The van der Waals surface area contributed by atoms with Crippen molar-refractivity contribution < 1.29 is 4.79 Å². The normalized spacial score (nSPS) is 10.1. The van der Waals surface area contributed by atoms with Gasteiger partial charge in [-0.25, -0.2) is 4.98 Å². The van der Waals surface area contributed by atoms with Crippen LogP contribution in [0.3, 0.4) is 0 Å². The number of pyridine rings is 2. The Morgan fingerprint density at radius 2 is 2.00 bits per heavy atom. The molecule has 0 aromatic carbocycles. The number of amides is 1. The van der Waals surface area contributed by atoms with Crippen LogP contribution in [0.5, 0.6) is 0 Å². The van der Waals surface area contributed by atoms with Gasteiger partial charge in [-0.15, -0.1) is 0 Å². The molecule has 2 N–H and O–H groups in total. The van der Waals surface area contributed by atoms with Gasteiger partial charge in [-0.05, 0) is 31.2 Å². The van der Waals surface area contributed by atoms with Crippen LogP contribution in [0.15, 0.2) is 42.9 Å². The number of rotatable bonds is 3.